The number of hydrogen-bond donors (Lipinski definition) is 2. The number of carboxylic acid groups (broad SMARTS) is 1. The van der Waals surface area contributed by atoms with Crippen LogP contribution in [-0.4, -0.2) is 21.0 Å². The molecule has 1 heterocycles. The zero-order valence-electron chi connectivity index (χ0n) is 8.59. The van der Waals surface area contributed by atoms with Crippen LogP contribution in [0, 0.1) is 0 Å². The van der Waals surface area contributed by atoms with E-state index >= 15 is 0 Å². The maximum atomic E-state index is 11.0. The van der Waals surface area contributed by atoms with Crippen LogP contribution in [0.2, 0.25) is 5.02 Å². The van der Waals surface area contributed by atoms with Gasteiger partial charge in [0.25, 0.3) is 0 Å². The van der Waals surface area contributed by atoms with Crippen LogP contribution in [0.25, 0.3) is 11.3 Å². The van der Waals surface area contributed by atoms with Crippen molar-refractivity contribution in [2.45, 2.75) is 0 Å². The minimum Gasteiger partial charge on any atom is -0.478 e. The number of nitrogens with two attached hydrogens (primary N) is 1. The van der Waals surface area contributed by atoms with Gasteiger partial charge in [0.15, 0.2) is 0 Å². The minimum atomic E-state index is -1.10. The Morgan fingerprint density at radius 1 is 1.29 bits per heavy atom. The first-order valence-corrected chi connectivity index (χ1v) is 5.07. The minimum absolute atomic E-state index is 0.00141. The molecular weight excluding hydrogens is 242 g/mol. The molecule has 3 N–H and O–H groups in total. The predicted octanol–water partition coefficient (Wildman–Crippen LogP) is 2.08. The van der Waals surface area contributed by atoms with Crippen LogP contribution in [0.5, 0.6) is 0 Å². The maximum absolute atomic E-state index is 11.0. The second-order valence-corrected chi connectivity index (χ2v) is 3.74. The topological polar surface area (TPSA) is 89.1 Å². The lowest BCUT2D eigenvalue weighted by molar-refractivity contribution is 0.0697. The average molecular weight is 250 g/mol. The van der Waals surface area contributed by atoms with Crippen LogP contribution in [0.15, 0.2) is 30.5 Å². The fraction of sp³-hybridized carbons (Fsp3) is 0. The van der Waals surface area contributed by atoms with Gasteiger partial charge in [0.1, 0.15) is 5.56 Å². The molecule has 0 spiro atoms. The van der Waals surface area contributed by atoms with Crippen molar-refractivity contribution in [1.82, 2.24) is 9.97 Å². The molecule has 0 atom stereocenters. The van der Waals surface area contributed by atoms with Crippen LogP contribution in [-0.2, 0) is 0 Å². The lowest BCUT2D eigenvalue weighted by atomic mass is 10.1. The third-order valence-corrected chi connectivity index (χ3v) is 2.41. The molecule has 17 heavy (non-hydrogen) atoms. The summed E-state index contributed by atoms with van der Waals surface area (Å²) in [5, 5.41) is 9.59. The number of benzene rings is 1. The van der Waals surface area contributed by atoms with Gasteiger partial charge < -0.3 is 10.8 Å². The van der Waals surface area contributed by atoms with E-state index in [4.69, 9.17) is 22.4 Å². The molecule has 0 amide bonds. The Hall–Kier alpha value is -2.14. The van der Waals surface area contributed by atoms with Gasteiger partial charge in [-0.15, -0.1) is 0 Å². The Labute approximate surface area is 102 Å². The molecule has 0 unspecified atom stereocenters. The van der Waals surface area contributed by atoms with E-state index in [0.29, 0.717) is 10.6 Å². The van der Waals surface area contributed by atoms with E-state index in [9.17, 15) is 4.79 Å². The Morgan fingerprint density at radius 3 is 2.53 bits per heavy atom. The molecule has 2 aromatic rings. The zero-order valence-corrected chi connectivity index (χ0v) is 9.35. The summed E-state index contributed by atoms with van der Waals surface area (Å²) in [6.45, 7) is 0. The lowest BCUT2D eigenvalue weighted by Gasteiger charge is -2.05. The first kappa shape index (κ1) is 11.3. The number of nitrogens with zero attached hydrogens (tertiary/aromatic N) is 2. The molecule has 0 saturated carbocycles. The fourth-order valence-corrected chi connectivity index (χ4v) is 1.51. The van der Waals surface area contributed by atoms with Crippen molar-refractivity contribution in [2.24, 2.45) is 0 Å². The number of halogens is 1. The Morgan fingerprint density at radius 2 is 1.94 bits per heavy atom. The number of carboxylic acids is 1. The lowest BCUT2D eigenvalue weighted by Crippen LogP contribution is -2.05. The van der Waals surface area contributed by atoms with Gasteiger partial charge in [-0.2, -0.15) is 0 Å². The van der Waals surface area contributed by atoms with Crippen LogP contribution >= 0.6 is 11.6 Å². The van der Waals surface area contributed by atoms with Crippen LogP contribution in [0.3, 0.4) is 0 Å². The molecule has 0 aliphatic rings. The third kappa shape index (κ3) is 2.34. The molecule has 0 aliphatic carbocycles. The summed E-state index contributed by atoms with van der Waals surface area (Å²) in [5.74, 6) is -1.07. The molecule has 5 nitrogen and oxygen atoms in total. The molecule has 0 saturated heterocycles. The van der Waals surface area contributed by atoms with E-state index < -0.39 is 5.97 Å². The molecule has 0 fully saturated rings. The van der Waals surface area contributed by atoms with E-state index in [1.807, 2.05) is 0 Å². The smallest absolute Gasteiger partial charge is 0.339 e. The van der Waals surface area contributed by atoms with E-state index in [0.717, 1.165) is 0 Å². The standard InChI is InChI=1S/C11H8ClN3O2/c12-7-3-1-6(2-4-7)9-8(10(16)17)5-14-11(13)15-9/h1-5H,(H,16,17)(H2,13,14,15). The molecule has 6 heteroatoms. The maximum Gasteiger partial charge on any atom is 0.339 e. The van der Waals surface area contributed by atoms with Gasteiger partial charge in [0.2, 0.25) is 5.95 Å². The van der Waals surface area contributed by atoms with E-state index in [1.165, 1.54) is 6.20 Å². The summed E-state index contributed by atoms with van der Waals surface area (Å²) >= 11 is 5.76. The zero-order chi connectivity index (χ0) is 12.4. The molecule has 1 aromatic carbocycles. The van der Waals surface area contributed by atoms with Crippen LogP contribution in [0.4, 0.5) is 5.95 Å². The molecule has 0 radical (unpaired) electrons. The van der Waals surface area contributed by atoms with Gasteiger partial charge in [0.05, 0.1) is 5.69 Å². The van der Waals surface area contributed by atoms with E-state index in [1.54, 1.807) is 24.3 Å². The monoisotopic (exact) mass is 249 g/mol. The highest BCUT2D eigenvalue weighted by Crippen LogP contribution is 2.23. The first-order chi connectivity index (χ1) is 8.08. The number of hydrogen-bond acceptors (Lipinski definition) is 4. The van der Waals surface area contributed by atoms with Gasteiger partial charge in [0, 0.05) is 16.8 Å². The van der Waals surface area contributed by atoms with E-state index in [2.05, 4.69) is 9.97 Å². The van der Waals surface area contributed by atoms with Crippen molar-refractivity contribution >= 4 is 23.5 Å². The van der Waals surface area contributed by atoms with Crippen molar-refractivity contribution in [2.75, 3.05) is 5.73 Å². The van der Waals surface area contributed by atoms with Gasteiger partial charge >= 0.3 is 5.97 Å². The Bertz CT molecular complexity index is 569. The highest BCUT2D eigenvalue weighted by atomic mass is 35.5. The second kappa shape index (κ2) is 4.39. The third-order valence-electron chi connectivity index (χ3n) is 2.16. The van der Waals surface area contributed by atoms with Gasteiger partial charge in [-0.3, -0.25) is 0 Å². The summed E-state index contributed by atoms with van der Waals surface area (Å²) in [4.78, 5) is 18.6. The largest absolute Gasteiger partial charge is 0.478 e. The molecule has 0 bridgehead atoms. The van der Waals surface area contributed by atoms with Gasteiger partial charge in [-0.1, -0.05) is 23.7 Å². The molecule has 86 valence electrons. The molecular formula is C11H8ClN3O2. The summed E-state index contributed by atoms with van der Waals surface area (Å²) in [6, 6.07) is 6.66. The number of rotatable bonds is 2. The summed E-state index contributed by atoms with van der Waals surface area (Å²) in [7, 11) is 0. The molecule has 2 rings (SSSR count). The van der Waals surface area contributed by atoms with Crippen molar-refractivity contribution in [3.63, 3.8) is 0 Å². The summed E-state index contributed by atoms with van der Waals surface area (Å²) in [5.41, 5.74) is 6.36. The molecule has 1 aromatic heterocycles. The Kier molecular flexibility index (Phi) is 2.93. The number of aromatic nitrogens is 2. The van der Waals surface area contributed by atoms with Crippen molar-refractivity contribution in [3.8, 4) is 11.3 Å². The number of nitrogen functional groups attached to an aromatic ring is 1. The van der Waals surface area contributed by atoms with Crippen molar-refractivity contribution < 1.29 is 9.90 Å². The van der Waals surface area contributed by atoms with Gasteiger partial charge in [-0.05, 0) is 12.1 Å². The Balaban J connectivity index is 2.60. The van der Waals surface area contributed by atoms with Crippen molar-refractivity contribution in [3.05, 3.63) is 41.0 Å². The fourth-order valence-electron chi connectivity index (χ4n) is 1.38. The number of aromatic carboxylic acids is 1. The summed E-state index contributed by atoms with van der Waals surface area (Å²) < 4.78 is 0. The highest BCUT2D eigenvalue weighted by molar-refractivity contribution is 6.30. The predicted molar refractivity (Wildman–Crippen MR) is 63.8 cm³/mol. The van der Waals surface area contributed by atoms with Crippen LogP contribution in [0.1, 0.15) is 10.4 Å². The van der Waals surface area contributed by atoms with Crippen molar-refractivity contribution in [1.29, 1.82) is 0 Å². The SMILES string of the molecule is Nc1ncc(C(=O)O)c(-c2ccc(Cl)cc2)n1. The van der Waals surface area contributed by atoms with Crippen LogP contribution < -0.4 is 5.73 Å². The number of anilines is 1. The summed E-state index contributed by atoms with van der Waals surface area (Å²) in [6.07, 6.45) is 1.19. The second-order valence-electron chi connectivity index (χ2n) is 3.30. The highest BCUT2D eigenvalue weighted by Gasteiger charge is 2.14. The number of carbonyl (C=O) groups is 1. The first-order valence-electron chi connectivity index (χ1n) is 4.69. The normalized spacial score (nSPS) is 10.2. The average Bonchev–Trinajstić information content (AvgIpc) is 2.29. The van der Waals surface area contributed by atoms with Gasteiger partial charge in [-0.25, -0.2) is 14.8 Å². The molecule has 0 aliphatic heterocycles. The quantitative estimate of drug-likeness (QED) is 0.851. The van der Waals surface area contributed by atoms with E-state index in [-0.39, 0.29) is 17.2 Å².